The smallest absolute Gasteiger partial charge is 0.320 e. The lowest BCUT2D eigenvalue weighted by atomic mass is 9.78. The van der Waals surface area contributed by atoms with E-state index in [1.165, 1.54) is 0 Å². The molecular weight excluding hydrogens is 310 g/mol. The molecule has 1 aromatic rings. The van der Waals surface area contributed by atoms with Gasteiger partial charge in [-0.1, -0.05) is 0 Å². The molecule has 0 saturated carbocycles. The van der Waals surface area contributed by atoms with E-state index in [1.54, 1.807) is 11.3 Å². The van der Waals surface area contributed by atoms with Crippen LogP contribution in [0.25, 0.3) is 0 Å². The Kier molecular flexibility index (Phi) is 3.79. The summed E-state index contributed by atoms with van der Waals surface area (Å²) in [5, 5.41) is 4.05. The zero-order valence-corrected chi connectivity index (χ0v) is 14.2. The number of carbonyl (C=O) groups is 2. The van der Waals surface area contributed by atoms with Gasteiger partial charge < -0.3 is 14.7 Å². The summed E-state index contributed by atoms with van der Waals surface area (Å²) in [6.07, 6.45) is 4.93. The molecule has 23 heavy (non-hydrogen) atoms. The van der Waals surface area contributed by atoms with E-state index in [-0.39, 0.29) is 17.4 Å². The molecule has 6 heteroatoms. The predicted molar refractivity (Wildman–Crippen MR) is 90.7 cm³/mol. The first kappa shape index (κ1) is 15.0. The fourth-order valence-corrected chi connectivity index (χ4v) is 4.90. The Bertz CT molecular complexity index is 597. The second kappa shape index (κ2) is 5.82. The van der Waals surface area contributed by atoms with Gasteiger partial charge in [0.2, 0.25) is 5.91 Å². The standard InChI is InChI=1S/C17H23N3O2S/c21-15-17(6-10-20(15)14-4-11-23-12-14)5-3-9-19(13-17)16(22)18-7-1-2-8-18/h4,11-12H,1-3,5-10,13H2/t17-/m0/s1. The SMILES string of the molecule is O=C(N1CCCC1)N1CCC[C@]2(CCN(c3ccsc3)C2=O)C1. The predicted octanol–water partition coefficient (Wildman–Crippen LogP) is 2.78. The minimum atomic E-state index is -0.352. The minimum absolute atomic E-state index is 0.142. The van der Waals surface area contributed by atoms with E-state index in [0.29, 0.717) is 6.54 Å². The molecule has 3 fully saturated rings. The molecule has 0 bridgehead atoms. The van der Waals surface area contributed by atoms with Crippen molar-refractivity contribution in [2.45, 2.75) is 32.1 Å². The molecular formula is C17H23N3O2S. The van der Waals surface area contributed by atoms with Gasteiger partial charge in [0.15, 0.2) is 0 Å². The van der Waals surface area contributed by atoms with Crippen LogP contribution in [0.4, 0.5) is 10.5 Å². The Balaban J connectivity index is 1.50. The molecule has 4 heterocycles. The van der Waals surface area contributed by atoms with Crippen molar-refractivity contribution < 1.29 is 9.59 Å². The van der Waals surface area contributed by atoms with Crippen LogP contribution in [-0.4, -0.2) is 54.5 Å². The number of nitrogens with zero attached hydrogens (tertiary/aromatic N) is 3. The van der Waals surface area contributed by atoms with E-state index in [9.17, 15) is 9.59 Å². The number of piperidine rings is 1. The van der Waals surface area contributed by atoms with Crippen molar-refractivity contribution in [1.29, 1.82) is 0 Å². The second-order valence-corrected chi connectivity index (χ2v) is 7.75. The quantitative estimate of drug-likeness (QED) is 0.793. The molecule has 124 valence electrons. The van der Waals surface area contributed by atoms with Crippen LogP contribution < -0.4 is 4.90 Å². The Morgan fingerprint density at radius 1 is 1.04 bits per heavy atom. The van der Waals surface area contributed by atoms with Gasteiger partial charge in [-0.2, -0.15) is 11.3 Å². The molecule has 0 aliphatic carbocycles. The third kappa shape index (κ3) is 2.53. The highest BCUT2D eigenvalue weighted by molar-refractivity contribution is 7.08. The Hall–Kier alpha value is -1.56. The van der Waals surface area contributed by atoms with E-state index < -0.39 is 0 Å². The molecule has 3 saturated heterocycles. The van der Waals surface area contributed by atoms with Crippen LogP contribution in [-0.2, 0) is 4.79 Å². The highest BCUT2D eigenvalue weighted by Gasteiger charge is 2.50. The molecule has 1 aromatic heterocycles. The van der Waals surface area contributed by atoms with Gasteiger partial charge >= 0.3 is 6.03 Å². The Morgan fingerprint density at radius 3 is 2.57 bits per heavy atom. The van der Waals surface area contributed by atoms with Gasteiger partial charge in [0.05, 0.1) is 11.1 Å². The van der Waals surface area contributed by atoms with Gasteiger partial charge in [0.1, 0.15) is 0 Å². The molecule has 3 aliphatic rings. The number of urea groups is 1. The van der Waals surface area contributed by atoms with Crippen molar-refractivity contribution in [3.8, 4) is 0 Å². The first-order valence-corrected chi connectivity index (χ1v) is 9.52. The maximum absolute atomic E-state index is 13.0. The zero-order valence-electron chi connectivity index (χ0n) is 13.4. The number of carbonyl (C=O) groups excluding carboxylic acids is 2. The largest absolute Gasteiger partial charge is 0.325 e. The molecule has 0 N–H and O–H groups in total. The molecule has 5 nitrogen and oxygen atoms in total. The molecule has 0 unspecified atom stereocenters. The number of thiophene rings is 1. The van der Waals surface area contributed by atoms with Gasteiger partial charge in [-0.25, -0.2) is 4.79 Å². The monoisotopic (exact) mass is 333 g/mol. The number of rotatable bonds is 1. The van der Waals surface area contributed by atoms with Gasteiger partial charge in [-0.15, -0.1) is 0 Å². The zero-order chi connectivity index (χ0) is 15.9. The summed E-state index contributed by atoms with van der Waals surface area (Å²) in [4.78, 5) is 31.5. The summed E-state index contributed by atoms with van der Waals surface area (Å²) in [5.41, 5.74) is 0.662. The van der Waals surface area contributed by atoms with Crippen LogP contribution in [0.5, 0.6) is 0 Å². The summed E-state index contributed by atoms with van der Waals surface area (Å²) in [6, 6.07) is 2.15. The average molecular weight is 333 g/mol. The lowest BCUT2D eigenvalue weighted by Crippen LogP contribution is -2.53. The third-order valence-electron chi connectivity index (χ3n) is 5.55. The van der Waals surface area contributed by atoms with E-state index >= 15 is 0 Å². The van der Waals surface area contributed by atoms with Crippen molar-refractivity contribution in [2.75, 3.05) is 37.6 Å². The Morgan fingerprint density at radius 2 is 1.83 bits per heavy atom. The molecule has 1 atom stereocenters. The lowest BCUT2D eigenvalue weighted by molar-refractivity contribution is -0.127. The summed E-state index contributed by atoms with van der Waals surface area (Å²) in [6.45, 7) is 3.92. The van der Waals surface area contributed by atoms with Crippen LogP contribution in [0.15, 0.2) is 16.8 Å². The van der Waals surface area contributed by atoms with Gasteiger partial charge in [-0.3, -0.25) is 4.79 Å². The van der Waals surface area contributed by atoms with Crippen LogP contribution in [0.3, 0.4) is 0 Å². The molecule has 3 aliphatic heterocycles. The van der Waals surface area contributed by atoms with Gasteiger partial charge in [0, 0.05) is 38.1 Å². The molecule has 0 aromatic carbocycles. The van der Waals surface area contributed by atoms with E-state index in [4.69, 9.17) is 0 Å². The second-order valence-electron chi connectivity index (χ2n) is 6.97. The summed E-state index contributed by atoms with van der Waals surface area (Å²) in [5.74, 6) is 0.217. The molecule has 1 spiro atoms. The minimum Gasteiger partial charge on any atom is -0.325 e. The topological polar surface area (TPSA) is 43.9 Å². The van der Waals surface area contributed by atoms with E-state index in [0.717, 1.165) is 64.0 Å². The van der Waals surface area contributed by atoms with Crippen LogP contribution in [0, 0.1) is 5.41 Å². The Labute approximate surface area is 140 Å². The number of likely N-dealkylation sites (tertiary alicyclic amines) is 2. The molecule has 3 amide bonds. The maximum Gasteiger partial charge on any atom is 0.320 e. The first-order chi connectivity index (χ1) is 11.2. The summed E-state index contributed by atoms with van der Waals surface area (Å²) < 4.78 is 0. The van der Waals surface area contributed by atoms with E-state index in [2.05, 4.69) is 0 Å². The fourth-order valence-electron chi connectivity index (χ4n) is 4.26. The van der Waals surface area contributed by atoms with Crippen molar-refractivity contribution in [3.05, 3.63) is 16.8 Å². The van der Waals surface area contributed by atoms with Crippen LogP contribution in [0.1, 0.15) is 32.1 Å². The van der Waals surface area contributed by atoms with Gasteiger partial charge in [0.25, 0.3) is 0 Å². The van der Waals surface area contributed by atoms with Crippen molar-refractivity contribution in [2.24, 2.45) is 5.41 Å². The number of hydrogen-bond donors (Lipinski definition) is 0. The highest BCUT2D eigenvalue weighted by Crippen LogP contribution is 2.42. The number of hydrogen-bond acceptors (Lipinski definition) is 3. The average Bonchev–Trinajstić information content (AvgIpc) is 3.31. The normalized spacial score (nSPS) is 28.2. The number of amides is 3. The summed E-state index contributed by atoms with van der Waals surface area (Å²) >= 11 is 1.62. The van der Waals surface area contributed by atoms with E-state index in [1.807, 2.05) is 31.5 Å². The van der Waals surface area contributed by atoms with Crippen molar-refractivity contribution in [1.82, 2.24) is 9.80 Å². The van der Waals surface area contributed by atoms with Crippen LogP contribution in [0.2, 0.25) is 0 Å². The first-order valence-electron chi connectivity index (χ1n) is 8.58. The lowest BCUT2D eigenvalue weighted by Gasteiger charge is -2.40. The third-order valence-corrected chi connectivity index (χ3v) is 6.23. The summed E-state index contributed by atoms with van der Waals surface area (Å²) in [7, 11) is 0. The number of anilines is 1. The highest BCUT2D eigenvalue weighted by atomic mass is 32.1. The molecule has 0 radical (unpaired) electrons. The maximum atomic E-state index is 13.0. The van der Waals surface area contributed by atoms with Gasteiger partial charge in [-0.05, 0) is 43.6 Å². The fraction of sp³-hybridized carbons (Fsp3) is 0.647. The molecule has 4 rings (SSSR count). The van der Waals surface area contributed by atoms with Crippen molar-refractivity contribution >= 4 is 29.0 Å². The van der Waals surface area contributed by atoms with Crippen molar-refractivity contribution in [3.63, 3.8) is 0 Å². The van der Waals surface area contributed by atoms with Crippen LogP contribution >= 0.6 is 11.3 Å².